The van der Waals surface area contributed by atoms with Crippen LogP contribution in [-0.4, -0.2) is 21.8 Å². The average molecular weight is 260 g/mol. The van der Waals surface area contributed by atoms with E-state index in [9.17, 15) is 5.21 Å². The van der Waals surface area contributed by atoms with Crippen molar-refractivity contribution in [2.45, 2.75) is 39.0 Å². The number of benzene rings is 1. The van der Waals surface area contributed by atoms with Crippen LogP contribution in [0.2, 0.25) is 0 Å². The van der Waals surface area contributed by atoms with E-state index in [1.165, 1.54) is 11.1 Å². The SMILES string of the molecule is C/C(CC/C(=N/O)C1CCc2ccccc2C1)=N\O. The van der Waals surface area contributed by atoms with E-state index in [4.69, 9.17) is 5.21 Å². The molecule has 2 rings (SSSR count). The van der Waals surface area contributed by atoms with Gasteiger partial charge in [0.1, 0.15) is 0 Å². The summed E-state index contributed by atoms with van der Waals surface area (Å²) in [6.07, 6.45) is 4.27. The van der Waals surface area contributed by atoms with E-state index in [1.807, 2.05) is 0 Å². The third-order valence-corrected chi connectivity index (χ3v) is 3.86. The number of rotatable bonds is 4. The highest BCUT2D eigenvalue weighted by Crippen LogP contribution is 2.27. The summed E-state index contributed by atoms with van der Waals surface area (Å²) in [6, 6.07) is 8.45. The van der Waals surface area contributed by atoms with Crippen LogP contribution in [0.25, 0.3) is 0 Å². The normalized spacial score (nSPS) is 20.2. The third-order valence-electron chi connectivity index (χ3n) is 3.86. The summed E-state index contributed by atoms with van der Waals surface area (Å²) in [5.74, 6) is 0.298. The Kier molecular flexibility index (Phi) is 4.55. The maximum Gasteiger partial charge on any atom is 0.0608 e. The summed E-state index contributed by atoms with van der Waals surface area (Å²) >= 11 is 0. The first-order chi connectivity index (χ1) is 9.24. The summed E-state index contributed by atoms with van der Waals surface area (Å²) in [4.78, 5) is 0. The van der Waals surface area contributed by atoms with Gasteiger partial charge in [0.25, 0.3) is 0 Å². The summed E-state index contributed by atoms with van der Waals surface area (Å²) in [7, 11) is 0. The van der Waals surface area contributed by atoms with Crippen molar-refractivity contribution < 1.29 is 10.4 Å². The summed E-state index contributed by atoms with van der Waals surface area (Å²) in [5, 5.41) is 24.5. The predicted molar refractivity (Wildman–Crippen MR) is 75.3 cm³/mol. The lowest BCUT2D eigenvalue weighted by Gasteiger charge is -2.25. The molecule has 0 fully saturated rings. The second kappa shape index (κ2) is 6.36. The first kappa shape index (κ1) is 13.6. The zero-order valence-electron chi connectivity index (χ0n) is 11.2. The lowest BCUT2D eigenvalue weighted by molar-refractivity contribution is 0.310. The van der Waals surface area contributed by atoms with E-state index in [-0.39, 0.29) is 0 Å². The molecule has 0 heterocycles. The standard InChI is InChI=1S/C15H20N2O2/c1-11(16-18)6-9-15(17-19)14-8-7-12-4-2-3-5-13(12)10-14/h2-5,14,18-19H,6-10H2,1H3/b16-11+,17-15-. The van der Waals surface area contributed by atoms with Crippen LogP contribution in [0, 0.1) is 5.92 Å². The van der Waals surface area contributed by atoms with Crippen LogP contribution >= 0.6 is 0 Å². The Bertz CT molecular complexity index is 495. The van der Waals surface area contributed by atoms with Crippen LogP contribution in [0.15, 0.2) is 34.6 Å². The zero-order valence-corrected chi connectivity index (χ0v) is 11.2. The van der Waals surface area contributed by atoms with Crippen LogP contribution in [0.3, 0.4) is 0 Å². The first-order valence-electron chi connectivity index (χ1n) is 6.69. The number of oxime groups is 2. The number of hydrogen-bond acceptors (Lipinski definition) is 4. The summed E-state index contributed by atoms with van der Waals surface area (Å²) in [6.45, 7) is 1.77. The van der Waals surface area contributed by atoms with Gasteiger partial charge in [-0.2, -0.15) is 0 Å². The quantitative estimate of drug-likeness (QED) is 0.496. The maximum absolute atomic E-state index is 9.20. The molecule has 1 atom stereocenters. The van der Waals surface area contributed by atoms with Crippen molar-refractivity contribution in [3.8, 4) is 0 Å². The fourth-order valence-electron chi connectivity index (χ4n) is 2.68. The van der Waals surface area contributed by atoms with Crippen molar-refractivity contribution >= 4 is 11.4 Å². The molecule has 0 saturated heterocycles. The molecule has 0 aliphatic heterocycles. The van der Waals surface area contributed by atoms with E-state index >= 15 is 0 Å². The molecule has 4 nitrogen and oxygen atoms in total. The van der Waals surface area contributed by atoms with Crippen LogP contribution in [0.5, 0.6) is 0 Å². The molecule has 0 saturated carbocycles. The third kappa shape index (κ3) is 3.34. The van der Waals surface area contributed by atoms with Gasteiger partial charge in [-0.15, -0.1) is 0 Å². The highest BCUT2D eigenvalue weighted by Gasteiger charge is 2.23. The van der Waals surface area contributed by atoms with Crippen molar-refractivity contribution in [3.05, 3.63) is 35.4 Å². The Morgan fingerprint density at radius 1 is 1.16 bits per heavy atom. The summed E-state index contributed by atoms with van der Waals surface area (Å²) < 4.78 is 0. The molecule has 0 bridgehead atoms. The molecule has 1 aliphatic carbocycles. The Morgan fingerprint density at radius 2 is 1.89 bits per heavy atom. The molecule has 102 valence electrons. The molecular formula is C15H20N2O2. The minimum Gasteiger partial charge on any atom is -0.411 e. The fraction of sp³-hybridized carbons (Fsp3) is 0.467. The van der Waals surface area contributed by atoms with Gasteiger partial charge in [-0.05, 0) is 50.2 Å². The number of hydrogen-bond donors (Lipinski definition) is 2. The van der Waals surface area contributed by atoms with Crippen molar-refractivity contribution in [1.82, 2.24) is 0 Å². The number of aryl methyl sites for hydroxylation is 1. The van der Waals surface area contributed by atoms with E-state index in [1.54, 1.807) is 6.92 Å². The Morgan fingerprint density at radius 3 is 2.58 bits per heavy atom. The molecule has 19 heavy (non-hydrogen) atoms. The lowest BCUT2D eigenvalue weighted by Crippen LogP contribution is -2.23. The second-order valence-corrected chi connectivity index (χ2v) is 5.14. The van der Waals surface area contributed by atoms with Crippen molar-refractivity contribution in [3.63, 3.8) is 0 Å². The van der Waals surface area contributed by atoms with Gasteiger partial charge in [0, 0.05) is 5.92 Å². The molecule has 1 aliphatic rings. The minimum atomic E-state index is 0.298. The number of nitrogens with zero attached hydrogens (tertiary/aromatic N) is 2. The largest absolute Gasteiger partial charge is 0.411 e. The fourth-order valence-corrected chi connectivity index (χ4v) is 2.68. The van der Waals surface area contributed by atoms with Gasteiger partial charge >= 0.3 is 0 Å². The van der Waals surface area contributed by atoms with Crippen LogP contribution < -0.4 is 0 Å². The topological polar surface area (TPSA) is 65.2 Å². The van der Waals surface area contributed by atoms with Gasteiger partial charge in [-0.25, -0.2) is 0 Å². The molecule has 1 aromatic rings. The lowest BCUT2D eigenvalue weighted by atomic mass is 9.80. The average Bonchev–Trinajstić information content (AvgIpc) is 2.47. The van der Waals surface area contributed by atoms with E-state index in [0.29, 0.717) is 24.5 Å². The van der Waals surface area contributed by atoms with Gasteiger partial charge in [-0.1, -0.05) is 34.6 Å². The molecule has 1 unspecified atom stereocenters. The molecular weight excluding hydrogens is 240 g/mol. The number of fused-ring (bicyclic) bond motifs is 1. The summed E-state index contributed by atoms with van der Waals surface area (Å²) in [5.41, 5.74) is 4.24. The molecule has 2 N–H and O–H groups in total. The molecule has 0 amide bonds. The zero-order chi connectivity index (χ0) is 13.7. The molecule has 4 heteroatoms. The van der Waals surface area contributed by atoms with E-state index in [0.717, 1.165) is 25.0 Å². The minimum absolute atomic E-state index is 0.298. The predicted octanol–water partition coefficient (Wildman–Crippen LogP) is 3.25. The monoisotopic (exact) mass is 260 g/mol. The Labute approximate surface area is 113 Å². The van der Waals surface area contributed by atoms with Gasteiger partial charge < -0.3 is 10.4 Å². The van der Waals surface area contributed by atoms with Gasteiger partial charge in [0.15, 0.2) is 0 Å². The molecule has 0 aromatic heterocycles. The van der Waals surface area contributed by atoms with E-state index in [2.05, 4.69) is 34.6 Å². The first-order valence-corrected chi connectivity index (χ1v) is 6.69. The van der Waals surface area contributed by atoms with Crippen molar-refractivity contribution in [2.24, 2.45) is 16.2 Å². The van der Waals surface area contributed by atoms with Crippen LogP contribution in [0.1, 0.15) is 37.3 Å². The van der Waals surface area contributed by atoms with Crippen LogP contribution in [-0.2, 0) is 12.8 Å². The van der Waals surface area contributed by atoms with Crippen molar-refractivity contribution in [1.29, 1.82) is 0 Å². The molecule has 1 aromatic carbocycles. The van der Waals surface area contributed by atoms with Gasteiger partial charge in [0.05, 0.1) is 11.4 Å². The van der Waals surface area contributed by atoms with Crippen molar-refractivity contribution in [2.75, 3.05) is 0 Å². The Hall–Kier alpha value is -1.84. The van der Waals surface area contributed by atoms with E-state index < -0.39 is 0 Å². The van der Waals surface area contributed by atoms with Crippen LogP contribution in [0.4, 0.5) is 0 Å². The highest BCUT2D eigenvalue weighted by molar-refractivity contribution is 5.91. The molecule has 0 radical (unpaired) electrons. The maximum atomic E-state index is 9.20. The highest BCUT2D eigenvalue weighted by atomic mass is 16.4. The Balaban J connectivity index is 2.02. The van der Waals surface area contributed by atoms with Gasteiger partial charge in [-0.3, -0.25) is 0 Å². The van der Waals surface area contributed by atoms with Gasteiger partial charge in [0.2, 0.25) is 0 Å². The smallest absolute Gasteiger partial charge is 0.0608 e. The molecule has 0 spiro atoms. The second-order valence-electron chi connectivity index (χ2n) is 5.14.